The van der Waals surface area contributed by atoms with Gasteiger partial charge in [0.1, 0.15) is 12.4 Å². The second-order valence-electron chi connectivity index (χ2n) is 8.99. The molecule has 2 aromatic rings. The quantitative estimate of drug-likeness (QED) is 0.271. The molecule has 2 saturated carbocycles. The normalized spacial score (nSPS) is 27.5. The molecule has 2 aromatic carbocycles. The molecule has 0 radical (unpaired) electrons. The molecule has 0 aromatic heterocycles. The molecular weight excluding hydrogens is 471 g/mol. The maximum atomic E-state index is 5.94. The number of hydrogen-bond acceptors (Lipinski definition) is 3. The van der Waals surface area contributed by atoms with E-state index in [1.54, 1.807) is 6.07 Å². The zero-order chi connectivity index (χ0) is 20.2. The average Bonchev–Trinajstić information content (AvgIpc) is 2.73. The van der Waals surface area contributed by atoms with E-state index in [9.17, 15) is 0 Å². The maximum absolute atomic E-state index is 5.94. The zero-order valence-corrected chi connectivity index (χ0v) is 19.3. The second kappa shape index (κ2) is 9.59. The molecule has 29 heavy (non-hydrogen) atoms. The highest BCUT2D eigenvalue weighted by molar-refractivity contribution is 14.1. The van der Waals surface area contributed by atoms with Crippen molar-refractivity contribution in [3.63, 3.8) is 0 Å². The van der Waals surface area contributed by atoms with Crippen molar-refractivity contribution in [3.8, 4) is 5.75 Å². The van der Waals surface area contributed by atoms with Crippen molar-refractivity contribution >= 4 is 34.0 Å². The van der Waals surface area contributed by atoms with Gasteiger partial charge < -0.3 is 16.2 Å². The molecule has 0 amide bonds. The van der Waals surface area contributed by atoms with Crippen LogP contribution in [0.25, 0.3) is 0 Å². The third kappa shape index (κ3) is 5.59. The molecule has 2 aliphatic carbocycles. The Kier molecular flexibility index (Phi) is 6.88. The molecule has 0 unspecified atom stereocenters. The van der Waals surface area contributed by atoms with Gasteiger partial charge in [0.15, 0.2) is 0 Å². The predicted octanol–water partition coefficient (Wildman–Crippen LogP) is 6.70. The molecule has 0 atom stereocenters. The van der Waals surface area contributed by atoms with Crippen LogP contribution in [-0.4, -0.2) is 3.92 Å². The van der Waals surface area contributed by atoms with Crippen LogP contribution in [0.4, 0.5) is 11.4 Å². The van der Waals surface area contributed by atoms with Gasteiger partial charge in [-0.25, -0.2) is 0 Å². The van der Waals surface area contributed by atoms with Gasteiger partial charge in [0.2, 0.25) is 0 Å². The van der Waals surface area contributed by atoms with Gasteiger partial charge in [-0.3, -0.25) is 0 Å². The van der Waals surface area contributed by atoms with Gasteiger partial charge in [-0.2, -0.15) is 0 Å². The minimum atomic E-state index is 0.485. The number of alkyl halides is 1. The van der Waals surface area contributed by atoms with Crippen LogP contribution in [0, 0.1) is 11.8 Å². The summed E-state index contributed by atoms with van der Waals surface area (Å²) >= 11 is 2.64. The molecule has 3 nitrogen and oxygen atoms in total. The maximum Gasteiger partial charge on any atom is 0.119 e. The summed E-state index contributed by atoms with van der Waals surface area (Å²) in [6.07, 6.45) is 11.3. The SMILES string of the molecule is Nc1cc(N)cc(COc2ccc(C3CCC(C4CCC(I)CC4)CC3)cc2)c1. The van der Waals surface area contributed by atoms with Gasteiger partial charge >= 0.3 is 0 Å². The molecule has 4 N–H and O–H groups in total. The van der Waals surface area contributed by atoms with Crippen molar-refractivity contribution < 1.29 is 4.74 Å². The van der Waals surface area contributed by atoms with Crippen molar-refractivity contribution in [1.29, 1.82) is 0 Å². The summed E-state index contributed by atoms with van der Waals surface area (Å²) in [7, 11) is 0. The molecule has 2 fully saturated rings. The number of halogens is 1. The van der Waals surface area contributed by atoms with Gasteiger partial charge in [0, 0.05) is 15.3 Å². The van der Waals surface area contributed by atoms with Crippen molar-refractivity contribution in [3.05, 3.63) is 53.6 Å². The minimum Gasteiger partial charge on any atom is -0.489 e. The van der Waals surface area contributed by atoms with Crippen LogP contribution in [0.5, 0.6) is 5.75 Å². The molecule has 4 heteroatoms. The van der Waals surface area contributed by atoms with Crippen molar-refractivity contribution in [1.82, 2.24) is 0 Å². The summed E-state index contributed by atoms with van der Waals surface area (Å²) in [5.74, 6) is 3.59. The van der Waals surface area contributed by atoms with Crippen molar-refractivity contribution in [2.24, 2.45) is 11.8 Å². The lowest BCUT2D eigenvalue weighted by Crippen LogP contribution is -2.25. The van der Waals surface area contributed by atoms with E-state index in [0.29, 0.717) is 18.0 Å². The fourth-order valence-electron chi connectivity index (χ4n) is 5.31. The summed E-state index contributed by atoms with van der Waals surface area (Å²) in [6.45, 7) is 0.485. The standard InChI is InChI=1S/C25H33IN2O/c26-22-9-5-20(6-10-22)18-1-3-19(4-2-18)21-7-11-25(12-8-21)29-16-17-13-23(27)15-24(28)14-17/h7-8,11-15,18-20,22H,1-6,9-10,16,27-28H2. The Bertz CT molecular complexity index is 771. The first-order valence-electron chi connectivity index (χ1n) is 11.1. The summed E-state index contributed by atoms with van der Waals surface area (Å²) in [4.78, 5) is 0. The van der Waals surface area contributed by atoms with Crippen LogP contribution in [-0.2, 0) is 6.61 Å². The first-order chi connectivity index (χ1) is 14.1. The smallest absolute Gasteiger partial charge is 0.119 e. The van der Waals surface area contributed by atoms with Gasteiger partial charge in [-0.15, -0.1) is 0 Å². The van der Waals surface area contributed by atoms with E-state index < -0.39 is 0 Å². The van der Waals surface area contributed by atoms with Gasteiger partial charge in [-0.1, -0.05) is 34.7 Å². The summed E-state index contributed by atoms with van der Waals surface area (Å²) < 4.78 is 6.87. The second-order valence-corrected chi connectivity index (χ2v) is 10.8. The van der Waals surface area contributed by atoms with Gasteiger partial charge in [0.25, 0.3) is 0 Å². The Hall–Kier alpha value is -1.43. The fraction of sp³-hybridized carbons (Fsp3) is 0.520. The van der Waals surface area contributed by atoms with Crippen LogP contribution >= 0.6 is 22.6 Å². The minimum absolute atomic E-state index is 0.485. The number of anilines is 2. The lowest BCUT2D eigenvalue weighted by molar-refractivity contribution is 0.189. The monoisotopic (exact) mass is 504 g/mol. The molecule has 0 heterocycles. The average molecular weight is 504 g/mol. The van der Waals surface area contributed by atoms with E-state index in [-0.39, 0.29) is 0 Å². The Morgan fingerprint density at radius 3 is 1.90 bits per heavy atom. The molecule has 0 spiro atoms. The first-order valence-corrected chi connectivity index (χ1v) is 12.3. The highest BCUT2D eigenvalue weighted by atomic mass is 127. The molecule has 156 valence electrons. The number of ether oxygens (including phenoxy) is 1. The number of nitrogen functional groups attached to an aromatic ring is 2. The van der Waals surface area contributed by atoms with Crippen LogP contribution in [0.2, 0.25) is 0 Å². The lowest BCUT2D eigenvalue weighted by atomic mass is 9.70. The fourth-order valence-corrected chi connectivity index (χ4v) is 6.02. The van der Waals surface area contributed by atoms with Gasteiger partial charge in [0.05, 0.1) is 0 Å². The Morgan fingerprint density at radius 2 is 1.31 bits per heavy atom. The van der Waals surface area contributed by atoms with E-state index in [0.717, 1.165) is 33.0 Å². The summed E-state index contributed by atoms with van der Waals surface area (Å²) in [5, 5.41) is 0. The number of benzene rings is 2. The van der Waals surface area contributed by atoms with E-state index >= 15 is 0 Å². The first kappa shape index (κ1) is 20.8. The lowest BCUT2D eigenvalue weighted by Gasteiger charge is -2.37. The van der Waals surface area contributed by atoms with Crippen molar-refractivity contribution in [2.45, 2.75) is 67.8 Å². The summed E-state index contributed by atoms with van der Waals surface area (Å²) in [5.41, 5.74) is 15.5. The molecule has 0 aliphatic heterocycles. The third-order valence-corrected chi connectivity index (χ3v) is 8.18. The molecular formula is C25H33IN2O. The summed E-state index contributed by atoms with van der Waals surface area (Å²) in [6, 6.07) is 14.3. The third-order valence-electron chi connectivity index (χ3n) is 6.93. The van der Waals surface area contributed by atoms with E-state index in [1.165, 1.54) is 56.9 Å². The number of hydrogen-bond donors (Lipinski definition) is 2. The number of rotatable bonds is 5. The van der Waals surface area contributed by atoms with Crippen molar-refractivity contribution in [2.75, 3.05) is 11.5 Å². The highest BCUT2D eigenvalue weighted by Gasteiger charge is 2.30. The molecule has 4 rings (SSSR count). The number of nitrogens with two attached hydrogens (primary N) is 2. The molecule has 2 aliphatic rings. The Labute approximate surface area is 188 Å². The van der Waals surface area contributed by atoms with E-state index in [2.05, 4.69) is 46.9 Å². The van der Waals surface area contributed by atoms with Crippen LogP contribution in [0.15, 0.2) is 42.5 Å². The van der Waals surface area contributed by atoms with Crippen LogP contribution in [0.3, 0.4) is 0 Å². The van der Waals surface area contributed by atoms with Gasteiger partial charge in [-0.05, 0) is 111 Å². The van der Waals surface area contributed by atoms with Crippen LogP contribution < -0.4 is 16.2 Å². The largest absolute Gasteiger partial charge is 0.489 e. The predicted molar refractivity (Wildman–Crippen MR) is 131 cm³/mol. The Balaban J connectivity index is 1.27. The molecule has 0 saturated heterocycles. The zero-order valence-electron chi connectivity index (χ0n) is 17.2. The topological polar surface area (TPSA) is 61.3 Å². The molecule has 0 bridgehead atoms. The Morgan fingerprint density at radius 1 is 0.759 bits per heavy atom. The highest BCUT2D eigenvalue weighted by Crippen LogP contribution is 2.44. The van der Waals surface area contributed by atoms with E-state index in [1.807, 2.05) is 12.1 Å². The van der Waals surface area contributed by atoms with Crippen LogP contribution in [0.1, 0.15) is 68.4 Å². The van der Waals surface area contributed by atoms with E-state index in [4.69, 9.17) is 16.2 Å².